The molecule has 0 aromatic carbocycles. The van der Waals surface area contributed by atoms with Crippen molar-refractivity contribution < 1.29 is 0 Å². The topological polar surface area (TPSA) is 29.3 Å². The van der Waals surface area contributed by atoms with Gasteiger partial charge in [0.15, 0.2) is 0 Å². The summed E-state index contributed by atoms with van der Waals surface area (Å²) in [6, 6.07) is 2.04. The van der Waals surface area contributed by atoms with Gasteiger partial charge in [0.2, 0.25) is 0 Å². The van der Waals surface area contributed by atoms with Gasteiger partial charge >= 0.3 is 0 Å². The maximum absolute atomic E-state index is 6.18. The summed E-state index contributed by atoms with van der Waals surface area (Å²) in [6.07, 6.45) is 8.15. The van der Waals surface area contributed by atoms with Crippen molar-refractivity contribution in [2.24, 2.45) is 5.73 Å². The van der Waals surface area contributed by atoms with Crippen LogP contribution in [0.5, 0.6) is 0 Å². The van der Waals surface area contributed by atoms with Gasteiger partial charge in [0.05, 0.1) is 0 Å². The highest BCUT2D eigenvalue weighted by Crippen LogP contribution is 2.32. The Balaban J connectivity index is 1.94. The molecule has 76 valence electrons. The quantitative estimate of drug-likeness (QED) is 0.720. The Hall–Kier alpha value is -0.0800. The Morgan fingerprint density at radius 3 is 2.38 bits per heavy atom. The molecule has 13 heavy (non-hydrogen) atoms. The van der Waals surface area contributed by atoms with Crippen LogP contribution >= 0.6 is 0 Å². The standard InChI is InChI=1S/C11H22N2/c1-2-13(9-7-8-9)11-6-4-3-5-10(11)12/h9-11H,2-8,12H2,1H3. The minimum absolute atomic E-state index is 0.453. The second-order valence-corrected chi connectivity index (χ2v) is 4.58. The molecule has 0 radical (unpaired) electrons. The Bertz CT molecular complexity index is 165. The van der Waals surface area contributed by atoms with Crippen molar-refractivity contribution in [3.05, 3.63) is 0 Å². The van der Waals surface area contributed by atoms with Gasteiger partial charge in [-0.15, -0.1) is 0 Å². The number of likely N-dealkylation sites (N-methyl/N-ethyl adjacent to an activating group) is 1. The highest BCUT2D eigenvalue weighted by molar-refractivity contribution is 4.93. The molecule has 0 heterocycles. The molecule has 2 atom stereocenters. The molecule has 2 aliphatic carbocycles. The summed E-state index contributed by atoms with van der Waals surface area (Å²) in [7, 11) is 0. The number of nitrogens with two attached hydrogens (primary N) is 1. The van der Waals surface area contributed by atoms with E-state index in [1.54, 1.807) is 0 Å². The van der Waals surface area contributed by atoms with Crippen molar-refractivity contribution in [2.45, 2.75) is 63.6 Å². The molecule has 0 spiro atoms. The number of rotatable bonds is 3. The van der Waals surface area contributed by atoms with Crippen LogP contribution in [0.1, 0.15) is 45.4 Å². The highest BCUT2D eigenvalue weighted by Gasteiger charge is 2.36. The molecule has 2 saturated carbocycles. The van der Waals surface area contributed by atoms with E-state index in [0.717, 1.165) is 6.04 Å². The average molecular weight is 182 g/mol. The highest BCUT2D eigenvalue weighted by atomic mass is 15.2. The van der Waals surface area contributed by atoms with Crippen LogP contribution in [0.15, 0.2) is 0 Å². The maximum atomic E-state index is 6.18. The molecule has 2 N–H and O–H groups in total. The molecule has 0 amide bonds. The Morgan fingerprint density at radius 2 is 1.85 bits per heavy atom. The second kappa shape index (κ2) is 3.97. The lowest BCUT2D eigenvalue weighted by Crippen LogP contribution is -2.50. The summed E-state index contributed by atoms with van der Waals surface area (Å²) in [6.45, 7) is 3.47. The van der Waals surface area contributed by atoms with Crippen LogP contribution in [0.3, 0.4) is 0 Å². The zero-order valence-corrected chi connectivity index (χ0v) is 8.71. The first-order valence-electron chi connectivity index (χ1n) is 5.84. The van der Waals surface area contributed by atoms with Gasteiger partial charge in [0.1, 0.15) is 0 Å². The predicted molar refractivity (Wildman–Crippen MR) is 55.6 cm³/mol. The summed E-state index contributed by atoms with van der Waals surface area (Å²) in [5, 5.41) is 0. The zero-order chi connectivity index (χ0) is 9.26. The second-order valence-electron chi connectivity index (χ2n) is 4.58. The fourth-order valence-corrected chi connectivity index (χ4v) is 2.72. The van der Waals surface area contributed by atoms with Crippen LogP contribution in [0.25, 0.3) is 0 Å². The number of nitrogens with zero attached hydrogens (tertiary/aromatic N) is 1. The molecule has 2 nitrogen and oxygen atoms in total. The molecule has 2 heteroatoms. The van der Waals surface area contributed by atoms with Gasteiger partial charge in [-0.2, -0.15) is 0 Å². The Morgan fingerprint density at radius 1 is 1.15 bits per heavy atom. The molecule has 2 fully saturated rings. The fraction of sp³-hybridized carbons (Fsp3) is 1.00. The smallest absolute Gasteiger partial charge is 0.0250 e. The van der Waals surface area contributed by atoms with Crippen molar-refractivity contribution in [1.29, 1.82) is 0 Å². The summed E-state index contributed by atoms with van der Waals surface area (Å²) in [5.41, 5.74) is 6.18. The largest absolute Gasteiger partial charge is 0.326 e. The third-order valence-corrected chi connectivity index (χ3v) is 3.59. The lowest BCUT2D eigenvalue weighted by molar-refractivity contribution is 0.136. The van der Waals surface area contributed by atoms with Crippen LogP contribution in [-0.4, -0.2) is 29.6 Å². The van der Waals surface area contributed by atoms with Gasteiger partial charge < -0.3 is 5.73 Å². The van der Waals surface area contributed by atoms with Crippen LogP contribution in [-0.2, 0) is 0 Å². The normalized spacial score (nSPS) is 35.3. The SMILES string of the molecule is CCN(C1CC1)C1CCCCC1N. The van der Waals surface area contributed by atoms with Gasteiger partial charge in [-0.05, 0) is 32.2 Å². The molecular formula is C11H22N2. The van der Waals surface area contributed by atoms with Crippen molar-refractivity contribution >= 4 is 0 Å². The average Bonchev–Trinajstić information content (AvgIpc) is 2.93. The molecule has 2 rings (SSSR count). The van der Waals surface area contributed by atoms with E-state index in [1.807, 2.05) is 0 Å². The third kappa shape index (κ3) is 2.05. The minimum Gasteiger partial charge on any atom is -0.326 e. The summed E-state index contributed by atoms with van der Waals surface area (Å²) in [4.78, 5) is 2.66. The van der Waals surface area contributed by atoms with E-state index in [-0.39, 0.29) is 0 Å². The molecule has 0 aromatic rings. The summed E-state index contributed by atoms with van der Waals surface area (Å²) < 4.78 is 0. The first kappa shape index (κ1) is 9.47. The minimum atomic E-state index is 0.453. The van der Waals surface area contributed by atoms with E-state index < -0.39 is 0 Å². The maximum Gasteiger partial charge on any atom is 0.0250 e. The van der Waals surface area contributed by atoms with Gasteiger partial charge in [-0.25, -0.2) is 0 Å². The van der Waals surface area contributed by atoms with E-state index in [9.17, 15) is 0 Å². The molecule has 0 bridgehead atoms. The fourth-order valence-electron chi connectivity index (χ4n) is 2.72. The van der Waals surface area contributed by atoms with Crippen LogP contribution in [0.2, 0.25) is 0 Å². The lowest BCUT2D eigenvalue weighted by Gasteiger charge is -2.38. The van der Waals surface area contributed by atoms with Crippen LogP contribution in [0.4, 0.5) is 0 Å². The zero-order valence-electron chi connectivity index (χ0n) is 8.71. The third-order valence-electron chi connectivity index (χ3n) is 3.59. The van der Waals surface area contributed by atoms with Gasteiger partial charge in [-0.3, -0.25) is 4.90 Å². The molecule has 0 aromatic heterocycles. The molecule has 2 unspecified atom stereocenters. The first-order valence-corrected chi connectivity index (χ1v) is 5.84. The summed E-state index contributed by atoms with van der Waals surface area (Å²) in [5.74, 6) is 0. The van der Waals surface area contributed by atoms with E-state index in [0.29, 0.717) is 12.1 Å². The lowest BCUT2D eigenvalue weighted by atomic mass is 9.89. The monoisotopic (exact) mass is 182 g/mol. The summed E-state index contributed by atoms with van der Waals surface area (Å²) >= 11 is 0. The van der Waals surface area contributed by atoms with E-state index >= 15 is 0 Å². The van der Waals surface area contributed by atoms with Crippen LogP contribution in [0, 0.1) is 0 Å². The molecule has 0 aliphatic heterocycles. The van der Waals surface area contributed by atoms with E-state index in [4.69, 9.17) is 5.73 Å². The van der Waals surface area contributed by atoms with Crippen molar-refractivity contribution in [3.63, 3.8) is 0 Å². The molecule has 2 aliphatic rings. The Labute approximate surface area is 81.5 Å². The number of hydrogen-bond donors (Lipinski definition) is 1. The Kier molecular flexibility index (Phi) is 2.89. The van der Waals surface area contributed by atoms with Crippen LogP contribution < -0.4 is 5.73 Å². The predicted octanol–water partition coefficient (Wildman–Crippen LogP) is 1.74. The van der Waals surface area contributed by atoms with Crippen molar-refractivity contribution in [1.82, 2.24) is 4.90 Å². The first-order chi connectivity index (χ1) is 6.33. The van der Waals surface area contributed by atoms with E-state index in [2.05, 4.69) is 11.8 Å². The number of hydrogen-bond acceptors (Lipinski definition) is 2. The van der Waals surface area contributed by atoms with E-state index in [1.165, 1.54) is 45.1 Å². The molecule has 0 saturated heterocycles. The molecular weight excluding hydrogens is 160 g/mol. The van der Waals surface area contributed by atoms with Crippen molar-refractivity contribution in [2.75, 3.05) is 6.54 Å². The van der Waals surface area contributed by atoms with Gasteiger partial charge in [0.25, 0.3) is 0 Å². The van der Waals surface area contributed by atoms with Gasteiger partial charge in [0, 0.05) is 18.1 Å². The van der Waals surface area contributed by atoms with Crippen molar-refractivity contribution in [3.8, 4) is 0 Å². The van der Waals surface area contributed by atoms with Gasteiger partial charge in [-0.1, -0.05) is 19.8 Å².